The van der Waals surface area contributed by atoms with E-state index in [1.54, 1.807) is 24.4 Å². The Balaban J connectivity index is 2.37. The molecule has 0 radical (unpaired) electrons. The molecule has 0 spiro atoms. The summed E-state index contributed by atoms with van der Waals surface area (Å²) in [6, 6.07) is 5.23. The van der Waals surface area contributed by atoms with Crippen LogP contribution in [0.1, 0.15) is 18.9 Å². The number of fused-ring (bicyclic) bond motifs is 1. The highest BCUT2D eigenvalue weighted by atomic mass is 16.3. The highest BCUT2D eigenvalue weighted by molar-refractivity contribution is 5.86. The fraction of sp³-hybridized carbons (Fsp3) is 0.273. The zero-order valence-corrected chi connectivity index (χ0v) is 8.05. The molecular weight excluding hydrogens is 192 g/mol. The van der Waals surface area contributed by atoms with Gasteiger partial charge in [-0.15, -0.1) is 0 Å². The van der Waals surface area contributed by atoms with Gasteiger partial charge < -0.3 is 5.11 Å². The lowest BCUT2D eigenvalue weighted by Gasteiger charge is -2.04. The van der Waals surface area contributed by atoms with Crippen LogP contribution in [-0.4, -0.2) is 14.9 Å². The van der Waals surface area contributed by atoms with Gasteiger partial charge in [-0.2, -0.15) is 5.10 Å². The Hall–Kier alpha value is -1.84. The van der Waals surface area contributed by atoms with Crippen molar-refractivity contribution in [2.75, 3.05) is 0 Å². The number of hydrogen-bond acceptors (Lipinski definition) is 3. The van der Waals surface area contributed by atoms with Crippen LogP contribution in [0.4, 0.5) is 0 Å². The predicted octanol–water partition coefficient (Wildman–Crippen LogP) is 1.44. The highest BCUT2D eigenvalue weighted by Gasteiger charge is 2.26. The molecule has 4 heteroatoms. The van der Waals surface area contributed by atoms with Crippen molar-refractivity contribution in [1.82, 2.24) is 9.78 Å². The first kappa shape index (κ1) is 8.47. The van der Waals surface area contributed by atoms with Gasteiger partial charge in [0.15, 0.2) is 0 Å². The summed E-state index contributed by atoms with van der Waals surface area (Å²) in [5.74, 6) is 0.111. The number of phenolic OH excluding ortho intramolecular Hbond substituents is 1. The van der Waals surface area contributed by atoms with E-state index in [2.05, 4.69) is 5.10 Å². The van der Waals surface area contributed by atoms with Crippen molar-refractivity contribution in [2.45, 2.75) is 18.9 Å². The molecule has 1 saturated carbocycles. The van der Waals surface area contributed by atoms with Gasteiger partial charge in [-0.1, -0.05) is 6.07 Å². The van der Waals surface area contributed by atoms with Crippen LogP contribution in [0.15, 0.2) is 29.2 Å². The third-order valence-corrected chi connectivity index (χ3v) is 2.73. The summed E-state index contributed by atoms with van der Waals surface area (Å²) in [6.45, 7) is 0. The number of rotatable bonds is 1. The van der Waals surface area contributed by atoms with Crippen molar-refractivity contribution in [3.63, 3.8) is 0 Å². The molecule has 1 fully saturated rings. The average molecular weight is 202 g/mol. The summed E-state index contributed by atoms with van der Waals surface area (Å²) < 4.78 is 1.52. The SMILES string of the molecule is O=c1c2cccc(O)c2cnn1C1CC1. The molecule has 2 aromatic rings. The fourth-order valence-electron chi connectivity index (χ4n) is 1.75. The van der Waals surface area contributed by atoms with E-state index >= 15 is 0 Å². The number of benzene rings is 1. The van der Waals surface area contributed by atoms with Gasteiger partial charge in [-0.05, 0) is 25.0 Å². The first-order valence-electron chi connectivity index (χ1n) is 4.97. The second kappa shape index (κ2) is 2.82. The molecule has 1 aliphatic rings. The van der Waals surface area contributed by atoms with Gasteiger partial charge in [0, 0.05) is 5.39 Å². The zero-order valence-electron chi connectivity index (χ0n) is 8.05. The van der Waals surface area contributed by atoms with E-state index in [1.165, 1.54) is 4.68 Å². The molecule has 0 aliphatic heterocycles. The summed E-state index contributed by atoms with van der Waals surface area (Å²) in [4.78, 5) is 12.0. The van der Waals surface area contributed by atoms with E-state index in [9.17, 15) is 9.90 Å². The van der Waals surface area contributed by atoms with E-state index < -0.39 is 0 Å². The lowest BCUT2D eigenvalue weighted by molar-refractivity contribution is 0.481. The predicted molar refractivity (Wildman–Crippen MR) is 55.9 cm³/mol. The molecular formula is C11H10N2O2. The van der Waals surface area contributed by atoms with E-state index in [1.807, 2.05) is 0 Å². The van der Waals surface area contributed by atoms with Crippen LogP contribution in [0.25, 0.3) is 10.8 Å². The fourth-order valence-corrected chi connectivity index (χ4v) is 1.75. The van der Waals surface area contributed by atoms with Crippen molar-refractivity contribution in [3.05, 3.63) is 34.7 Å². The standard InChI is InChI=1S/C11H10N2O2/c14-10-3-1-2-8-9(10)6-12-13(11(8)15)7-4-5-7/h1-3,6-7,14H,4-5H2. The maximum absolute atomic E-state index is 12.0. The number of hydrogen-bond donors (Lipinski definition) is 1. The first-order chi connectivity index (χ1) is 7.27. The molecule has 0 amide bonds. The minimum Gasteiger partial charge on any atom is -0.507 e. The molecule has 1 N–H and O–H groups in total. The lowest BCUT2D eigenvalue weighted by Crippen LogP contribution is -2.21. The Bertz CT molecular complexity index is 585. The zero-order chi connectivity index (χ0) is 10.4. The molecule has 0 bridgehead atoms. The van der Waals surface area contributed by atoms with Gasteiger partial charge in [0.1, 0.15) is 5.75 Å². The van der Waals surface area contributed by atoms with Gasteiger partial charge in [-0.3, -0.25) is 4.79 Å². The Kier molecular flexibility index (Phi) is 1.59. The van der Waals surface area contributed by atoms with Crippen LogP contribution in [0, 0.1) is 0 Å². The van der Waals surface area contributed by atoms with Crippen molar-refractivity contribution >= 4 is 10.8 Å². The Morgan fingerprint density at radius 1 is 1.33 bits per heavy atom. The molecule has 15 heavy (non-hydrogen) atoms. The molecule has 3 rings (SSSR count). The van der Waals surface area contributed by atoms with Crippen LogP contribution in [0.2, 0.25) is 0 Å². The van der Waals surface area contributed by atoms with Crippen LogP contribution in [-0.2, 0) is 0 Å². The van der Waals surface area contributed by atoms with Crippen LogP contribution < -0.4 is 5.56 Å². The van der Waals surface area contributed by atoms with Gasteiger partial charge in [0.2, 0.25) is 0 Å². The molecule has 1 heterocycles. The molecule has 0 unspecified atom stereocenters. The first-order valence-corrected chi connectivity index (χ1v) is 4.97. The van der Waals surface area contributed by atoms with Crippen LogP contribution in [0.5, 0.6) is 5.75 Å². The summed E-state index contributed by atoms with van der Waals surface area (Å²) in [5.41, 5.74) is -0.106. The number of nitrogens with zero attached hydrogens (tertiary/aromatic N) is 2. The van der Waals surface area contributed by atoms with Crippen LogP contribution >= 0.6 is 0 Å². The summed E-state index contributed by atoms with van der Waals surface area (Å²) in [6.07, 6.45) is 3.61. The maximum atomic E-state index is 12.0. The van der Waals surface area contributed by atoms with Crippen molar-refractivity contribution in [3.8, 4) is 5.75 Å². The molecule has 1 aliphatic carbocycles. The topological polar surface area (TPSA) is 55.1 Å². The van der Waals surface area contributed by atoms with Crippen molar-refractivity contribution in [1.29, 1.82) is 0 Å². The number of aromatic nitrogens is 2. The monoisotopic (exact) mass is 202 g/mol. The van der Waals surface area contributed by atoms with Gasteiger partial charge in [0.05, 0.1) is 17.6 Å². The molecule has 76 valence electrons. The second-order valence-electron chi connectivity index (χ2n) is 3.86. The third kappa shape index (κ3) is 1.21. The molecule has 4 nitrogen and oxygen atoms in total. The van der Waals surface area contributed by atoms with E-state index in [4.69, 9.17) is 0 Å². The van der Waals surface area contributed by atoms with Gasteiger partial charge >= 0.3 is 0 Å². The van der Waals surface area contributed by atoms with E-state index in [0.717, 1.165) is 12.8 Å². The number of phenols is 1. The minimum absolute atomic E-state index is 0.106. The Morgan fingerprint density at radius 3 is 2.87 bits per heavy atom. The average Bonchev–Trinajstić information content (AvgIpc) is 3.03. The summed E-state index contributed by atoms with van der Waals surface area (Å²) in [7, 11) is 0. The lowest BCUT2D eigenvalue weighted by atomic mass is 10.2. The Morgan fingerprint density at radius 2 is 2.13 bits per heavy atom. The molecule has 1 aromatic heterocycles. The second-order valence-corrected chi connectivity index (χ2v) is 3.86. The van der Waals surface area contributed by atoms with Gasteiger partial charge in [0.25, 0.3) is 5.56 Å². The summed E-state index contributed by atoms with van der Waals surface area (Å²) in [5, 5.41) is 14.7. The Labute approximate surface area is 85.8 Å². The van der Waals surface area contributed by atoms with Crippen LogP contribution in [0.3, 0.4) is 0 Å². The minimum atomic E-state index is -0.106. The van der Waals surface area contributed by atoms with Crippen molar-refractivity contribution < 1.29 is 5.11 Å². The molecule has 0 saturated heterocycles. The molecule has 1 aromatic carbocycles. The highest BCUT2D eigenvalue weighted by Crippen LogP contribution is 2.33. The summed E-state index contributed by atoms with van der Waals surface area (Å²) >= 11 is 0. The van der Waals surface area contributed by atoms with Gasteiger partial charge in [-0.25, -0.2) is 4.68 Å². The smallest absolute Gasteiger partial charge is 0.275 e. The van der Waals surface area contributed by atoms with E-state index in [-0.39, 0.29) is 17.4 Å². The third-order valence-electron chi connectivity index (χ3n) is 2.73. The molecule has 0 atom stereocenters. The largest absolute Gasteiger partial charge is 0.507 e. The number of aromatic hydroxyl groups is 1. The van der Waals surface area contributed by atoms with E-state index in [0.29, 0.717) is 10.8 Å². The normalized spacial score (nSPS) is 15.7. The maximum Gasteiger partial charge on any atom is 0.275 e. The quantitative estimate of drug-likeness (QED) is 0.761. The van der Waals surface area contributed by atoms with Crippen molar-refractivity contribution in [2.24, 2.45) is 0 Å².